The van der Waals surface area contributed by atoms with Crippen LogP contribution in [0.1, 0.15) is 22.5 Å². The molecule has 2 saturated heterocycles. The van der Waals surface area contributed by atoms with E-state index in [1.54, 1.807) is 0 Å². The van der Waals surface area contributed by atoms with Gasteiger partial charge in [0, 0.05) is 18.8 Å². The summed E-state index contributed by atoms with van der Waals surface area (Å²) in [5.41, 5.74) is -1.03. The van der Waals surface area contributed by atoms with Crippen molar-refractivity contribution >= 4 is 15.7 Å². The van der Waals surface area contributed by atoms with Crippen molar-refractivity contribution in [2.75, 3.05) is 12.3 Å². The van der Waals surface area contributed by atoms with Crippen molar-refractivity contribution < 1.29 is 26.4 Å². The highest BCUT2D eigenvalue weighted by Crippen LogP contribution is 2.34. The van der Waals surface area contributed by atoms with E-state index in [9.17, 15) is 26.4 Å². The van der Waals surface area contributed by atoms with E-state index in [0.29, 0.717) is 6.42 Å². The van der Waals surface area contributed by atoms with Crippen LogP contribution in [0.5, 0.6) is 0 Å². The van der Waals surface area contributed by atoms with E-state index in [1.165, 1.54) is 4.90 Å². The predicted octanol–water partition coefficient (Wildman–Crippen LogP) is 1.11. The zero-order valence-corrected chi connectivity index (χ0v) is 11.5. The zero-order chi connectivity index (χ0) is 15.4. The average molecular weight is 320 g/mol. The van der Waals surface area contributed by atoms with Crippen LogP contribution in [0.15, 0.2) is 18.3 Å². The van der Waals surface area contributed by atoms with Crippen molar-refractivity contribution in [3.8, 4) is 0 Å². The average Bonchev–Trinajstić information content (AvgIpc) is 2.92. The van der Waals surface area contributed by atoms with Crippen LogP contribution in [-0.4, -0.2) is 47.8 Å². The van der Waals surface area contributed by atoms with Gasteiger partial charge in [0.15, 0.2) is 9.84 Å². The number of carbonyl (C=O) groups is 1. The number of sulfone groups is 1. The van der Waals surface area contributed by atoms with Crippen molar-refractivity contribution in [1.29, 1.82) is 0 Å². The van der Waals surface area contributed by atoms with E-state index in [2.05, 4.69) is 4.98 Å². The molecule has 1 amide bonds. The van der Waals surface area contributed by atoms with Crippen LogP contribution in [-0.2, 0) is 16.0 Å². The smallest absolute Gasteiger partial charge is 0.333 e. The molecule has 2 fully saturated rings. The van der Waals surface area contributed by atoms with Crippen molar-refractivity contribution in [1.82, 2.24) is 9.88 Å². The molecule has 2 unspecified atom stereocenters. The maximum Gasteiger partial charge on any atom is 0.433 e. The Hall–Kier alpha value is -1.64. The number of fused-ring (bicyclic) bond motifs is 2. The molecular formula is C12H11F3N2O3S. The summed E-state index contributed by atoms with van der Waals surface area (Å²) < 4.78 is 60.4. The Labute approximate surface area is 118 Å². The van der Waals surface area contributed by atoms with E-state index < -0.39 is 32.9 Å². The topological polar surface area (TPSA) is 67.3 Å². The fraction of sp³-hybridized carbons (Fsp3) is 0.500. The van der Waals surface area contributed by atoms with Gasteiger partial charge in [-0.2, -0.15) is 13.2 Å². The fourth-order valence-electron chi connectivity index (χ4n) is 2.80. The van der Waals surface area contributed by atoms with Crippen LogP contribution in [0, 0.1) is 0 Å². The monoisotopic (exact) mass is 320 g/mol. The summed E-state index contributed by atoms with van der Waals surface area (Å²) in [6.45, 7) is 0.104. The molecule has 5 nitrogen and oxygen atoms in total. The van der Waals surface area contributed by atoms with Gasteiger partial charge in [-0.3, -0.25) is 9.78 Å². The molecule has 114 valence electrons. The third kappa shape index (κ3) is 2.39. The molecule has 3 heterocycles. The number of rotatable bonds is 1. The summed E-state index contributed by atoms with van der Waals surface area (Å²) in [6.07, 6.45) is -3.27. The molecule has 1 aromatic heterocycles. The number of hydrogen-bond acceptors (Lipinski definition) is 4. The van der Waals surface area contributed by atoms with Gasteiger partial charge in [-0.25, -0.2) is 8.42 Å². The number of pyridine rings is 1. The summed E-state index contributed by atoms with van der Waals surface area (Å²) in [5.74, 6) is -0.545. The fourth-order valence-corrected chi connectivity index (χ4v) is 4.83. The molecule has 0 aliphatic carbocycles. The lowest BCUT2D eigenvalue weighted by Crippen LogP contribution is -2.44. The number of nitrogens with zero attached hydrogens (tertiary/aromatic N) is 2. The van der Waals surface area contributed by atoms with Gasteiger partial charge in [0.2, 0.25) is 0 Å². The minimum absolute atomic E-state index is 0.0351. The molecule has 3 rings (SSSR count). The second-order valence-corrected chi connectivity index (χ2v) is 7.55. The van der Waals surface area contributed by atoms with Crippen LogP contribution < -0.4 is 0 Å². The highest BCUT2D eigenvalue weighted by molar-refractivity contribution is 7.92. The second-order valence-electron chi connectivity index (χ2n) is 5.23. The molecular weight excluding hydrogens is 309 g/mol. The minimum Gasteiger partial charge on any atom is -0.333 e. The molecule has 0 N–H and O–H groups in total. The Morgan fingerprint density at radius 1 is 1.33 bits per heavy atom. The number of carbonyl (C=O) groups excluding carboxylic acids is 1. The van der Waals surface area contributed by atoms with E-state index in [0.717, 1.165) is 18.3 Å². The van der Waals surface area contributed by atoms with Gasteiger partial charge in [0.05, 0.1) is 16.6 Å². The molecule has 1 aromatic rings. The maximum atomic E-state index is 12.4. The summed E-state index contributed by atoms with van der Waals surface area (Å²) in [4.78, 5) is 16.9. The molecule has 0 spiro atoms. The molecule has 2 atom stereocenters. The first-order chi connectivity index (χ1) is 9.68. The van der Waals surface area contributed by atoms with Gasteiger partial charge in [0.1, 0.15) is 5.69 Å². The number of alkyl halides is 3. The van der Waals surface area contributed by atoms with Gasteiger partial charge < -0.3 is 4.90 Å². The van der Waals surface area contributed by atoms with E-state index in [-0.39, 0.29) is 23.9 Å². The Morgan fingerprint density at radius 3 is 2.48 bits per heavy atom. The lowest BCUT2D eigenvalue weighted by molar-refractivity contribution is -0.141. The van der Waals surface area contributed by atoms with E-state index in [1.807, 2.05) is 0 Å². The quantitative estimate of drug-likeness (QED) is 0.777. The molecule has 2 bridgehead atoms. The lowest BCUT2D eigenvalue weighted by Gasteiger charge is -2.26. The first-order valence-electron chi connectivity index (χ1n) is 6.24. The molecule has 2 aliphatic heterocycles. The van der Waals surface area contributed by atoms with Crippen LogP contribution in [0.3, 0.4) is 0 Å². The van der Waals surface area contributed by atoms with Gasteiger partial charge in [-0.1, -0.05) is 0 Å². The van der Waals surface area contributed by atoms with E-state index in [4.69, 9.17) is 0 Å². The number of likely N-dealkylation sites (tertiary alicyclic amines) is 1. The first kappa shape index (κ1) is 14.3. The normalized spacial score (nSPS) is 27.1. The van der Waals surface area contributed by atoms with Gasteiger partial charge in [-0.15, -0.1) is 0 Å². The largest absolute Gasteiger partial charge is 0.433 e. The van der Waals surface area contributed by atoms with Crippen LogP contribution in [0.2, 0.25) is 0 Å². The summed E-state index contributed by atoms with van der Waals surface area (Å²) in [7, 11) is -3.12. The molecule has 0 radical (unpaired) electrons. The lowest BCUT2D eigenvalue weighted by atomic mass is 10.2. The third-order valence-electron chi connectivity index (χ3n) is 3.87. The first-order valence-corrected chi connectivity index (χ1v) is 7.96. The predicted molar refractivity (Wildman–Crippen MR) is 66.3 cm³/mol. The van der Waals surface area contributed by atoms with Gasteiger partial charge >= 0.3 is 6.18 Å². The van der Waals surface area contributed by atoms with Crippen molar-refractivity contribution in [2.24, 2.45) is 0 Å². The van der Waals surface area contributed by atoms with Crippen molar-refractivity contribution in [2.45, 2.75) is 23.9 Å². The number of aromatic nitrogens is 1. The Bertz CT molecular complexity index is 685. The number of amides is 1. The van der Waals surface area contributed by atoms with Gasteiger partial charge in [-0.05, 0) is 18.6 Å². The number of hydrogen-bond donors (Lipinski definition) is 0. The second kappa shape index (κ2) is 4.43. The summed E-state index contributed by atoms with van der Waals surface area (Å²) in [5, 5.41) is -0.547. The van der Waals surface area contributed by atoms with Crippen molar-refractivity contribution in [3.63, 3.8) is 0 Å². The Balaban J connectivity index is 1.79. The van der Waals surface area contributed by atoms with Crippen LogP contribution in [0.25, 0.3) is 0 Å². The highest BCUT2D eigenvalue weighted by atomic mass is 32.2. The van der Waals surface area contributed by atoms with Crippen LogP contribution >= 0.6 is 0 Å². The van der Waals surface area contributed by atoms with Gasteiger partial charge in [0.25, 0.3) is 5.91 Å². The zero-order valence-electron chi connectivity index (χ0n) is 10.7. The standard InChI is InChI=1S/C12H11F3N2O3S/c13-12(14,15)10-2-1-7(4-16-10)11(18)17-5-9-3-8(17)6-21(9,19)20/h1-2,4,8-9H,3,5-6H2. The molecule has 0 aromatic carbocycles. The number of halogens is 3. The molecule has 2 aliphatic rings. The molecule has 21 heavy (non-hydrogen) atoms. The summed E-state index contributed by atoms with van der Waals surface area (Å²) in [6, 6.07) is 1.44. The SMILES string of the molecule is O=C(c1ccc(C(F)(F)F)nc1)N1CC2CC1CS2(=O)=O. The van der Waals surface area contributed by atoms with Crippen LogP contribution in [0.4, 0.5) is 13.2 Å². The third-order valence-corrected chi connectivity index (χ3v) is 6.08. The molecule has 9 heteroatoms. The Kier molecular flexibility index (Phi) is 3.01. The highest BCUT2D eigenvalue weighted by Gasteiger charge is 2.50. The molecule has 0 saturated carbocycles. The van der Waals surface area contributed by atoms with E-state index >= 15 is 0 Å². The van der Waals surface area contributed by atoms with Crippen molar-refractivity contribution in [3.05, 3.63) is 29.6 Å². The minimum atomic E-state index is -4.55. The maximum absolute atomic E-state index is 12.4. The summed E-state index contributed by atoms with van der Waals surface area (Å²) >= 11 is 0. The Morgan fingerprint density at radius 2 is 2.05 bits per heavy atom.